The molecule has 0 aliphatic carbocycles. The summed E-state index contributed by atoms with van der Waals surface area (Å²) in [5, 5.41) is 3.99. The summed E-state index contributed by atoms with van der Waals surface area (Å²) >= 11 is 7.97. The van der Waals surface area contributed by atoms with Gasteiger partial charge in [0.2, 0.25) is 0 Å². The lowest BCUT2D eigenvalue weighted by atomic mass is 10.0. The normalized spacial score (nSPS) is 11.1. The third-order valence-electron chi connectivity index (χ3n) is 3.67. The van der Waals surface area contributed by atoms with Crippen molar-refractivity contribution in [1.82, 2.24) is 9.97 Å². The van der Waals surface area contributed by atoms with Crippen molar-refractivity contribution < 1.29 is 0 Å². The molecule has 4 rings (SSSR count). The lowest BCUT2D eigenvalue weighted by Gasteiger charge is -2.07. The lowest BCUT2D eigenvalue weighted by Crippen LogP contribution is -1.87. The molecule has 0 radical (unpaired) electrons. The van der Waals surface area contributed by atoms with E-state index in [-0.39, 0.29) is 0 Å². The van der Waals surface area contributed by atoms with Crippen molar-refractivity contribution in [3.8, 4) is 11.1 Å². The van der Waals surface area contributed by atoms with Gasteiger partial charge >= 0.3 is 0 Å². The standard InChI is InChI=1S/C18H11ClN2S/c1-2-11-10-22-17-4-3-12(7-14(11)17)15-8-13(19)9-16-18(15)21-6-5-20-16/h2-10H,1H2. The highest BCUT2D eigenvalue weighted by Crippen LogP contribution is 2.34. The summed E-state index contributed by atoms with van der Waals surface area (Å²) < 4.78 is 1.25. The monoisotopic (exact) mass is 322 g/mol. The second-order valence-corrected chi connectivity index (χ2v) is 6.33. The Morgan fingerprint density at radius 1 is 1.09 bits per heavy atom. The van der Waals surface area contributed by atoms with E-state index in [1.54, 1.807) is 23.7 Å². The summed E-state index contributed by atoms with van der Waals surface area (Å²) in [4.78, 5) is 8.82. The van der Waals surface area contributed by atoms with Gasteiger partial charge in [0.05, 0.1) is 11.0 Å². The van der Waals surface area contributed by atoms with Gasteiger partial charge in [0, 0.05) is 33.1 Å². The smallest absolute Gasteiger partial charge is 0.0966 e. The van der Waals surface area contributed by atoms with Crippen molar-refractivity contribution in [2.75, 3.05) is 0 Å². The number of hydrogen-bond donors (Lipinski definition) is 0. The van der Waals surface area contributed by atoms with E-state index in [1.165, 1.54) is 10.1 Å². The molecular formula is C18H11ClN2S. The summed E-state index contributed by atoms with van der Waals surface area (Å²) in [6.45, 7) is 3.88. The molecule has 0 atom stereocenters. The molecule has 0 fully saturated rings. The predicted octanol–water partition coefficient (Wildman–Crippen LogP) is 5.81. The minimum atomic E-state index is 0.664. The number of benzene rings is 2. The predicted molar refractivity (Wildman–Crippen MR) is 95.5 cm³/mol. The maximum Gasteiger partial charge on any atom is 0.0966 e. The molecule has 2 aromatic heterocycles. The van der Waals surface area contributed by atoms with Gasteiger partial charge in [0.1, 0.15) is 0 Å². The Morgan fingerprint density at radius 3 is 2.82 bits per heavy atom. The van der Waals surface area contributed by atoms with Crippen LogP contribution in [0.3, 0.4) is 0 Å². The number of nitrogens with zero attached hydrogens (tertiary/aromatic N) is 2. The Balaban J connectivity index is 2.04. The average Bonchev–Trinajstić information content (AvgIpc) is 2.96. The third-order valence-corrected chi connectivity index (χ3v) is 4.87. The second kappa shape index (κ2) is 5.20. The first kappa shape index (κ1) is 13.4. The van der Waals surface area contributed by atoms with Gasteiger partial charge in [-0.25, -0.2) is 0 Å². The number of rotatable bonds is 2. The quantitative estimate of drug-likeness (QED) is 0.465. The molecule has 0 bridgehead atoms. The zero-order chi connectivity index (χ0) is 15.1. The van der Waals surface area contributed by atoms with Gasteiger partial charge in [0.15, 0.2) is 0 Å². The Morgan fingerprint density at radius 2 is 1.95 bits per heavy atom. The number of hydrogen-bond acceptors (Lipinski definition) is 3. The fourth-order valence-electron chi connectivity index (χ4n) is 2.63. The molecule has 2 aromatic carbocycles. The molecular weight excluding hydrogens is 312 g/mol. The Labute approximate surface area is 136 Å². The van der Waals surface area contributed by atoms with Crippen molar-refractivity contribution in [2.45, 2.75) is 0 Å². The van der Waals surface area contributed by atoms with E-state index in [1.807, 2.05) is 18.2 Å². The molecule has 4 heteroatoms. The van der Waals surface area contributed by atoms with Crippen LogP contribution in [0.1, 0.15) is 5.56 Å². The summed E-state index contributed by atoms with van der Waals surface area (Å²) in [6, 6.07) is 10.2. The highest BCUT2D eigenvalue weighted by Gasteiger charge is 2.10. The third kappa shape index (κ3) is 2.10. The van der Waals surface area contributed by atoms with Gasteiger partial charge in [-0.15, -0.1) is 11.3 Å². The molecule has 0 unspecified atom stereocenters. The van der Waals surface area contributed by atoms with Crippen LogP contribution in [-0.2, 0) is 0 Å². The maximum atomic E-state index is 6.25. The minimum Gasteiger partial charge on any atom is -0.253 e. The van der Waals surface area contributed by atoms with Crippen molar-refractivity contribution in [3.63, 3.8) is 0 Å². The van der Waals surface area contributed by atoms with Crippen molar-refractivity contribution in [2.24, 2.45) is 0 Å². The first-order valence-corrected chi connectivity index (χ1v) is 8.06. The molecule has 0 spiro atoms. The highest BCUT2D eigenvalue weighted by molar-refractivity contribution is 7.17. The number of halogens is 1. The van der Waals surface area contributed by atoms with E-state index in [9.17, 15) is 0 Å². The summed E-state index contributed by atoms with van der Waals surface area (Å²) in [5.41, 5.74) is 4.90. The molecule has 106 valence electrons. The van der Waals surface area contributed by atoms with Crippen molar-refractivity contribution in [1.29, 1.82) is 0 Å². The van der Waals surface area contributed by atoms with Gasteiger partial charge in [0.25, 0.3) is 0 Å². The number of thiophene rings is 1. The molecule has 0 N–H and O–H groups in total. The van der Waals surface area contributed by atoms with Crippen LogP contribution in [-0.4, -0.2) is 9.97 Å². The van der Waals surface area contributed by atoms with Gasteiger partial charge in [-0.3, -0.25) is 9.97 Å². The van der Waals surface area contributed by atoms with Crippen molar-refractivity contribution in [3.05, 3.63) is 65.3 Å². The van der Waals surface area contributed by atoms with Crippen LogP contribution in [0.5, 0.6) is 0 Å². The first-order chi connectivity index (χ1) is 10.8. The zero-order valence-electron chi connectivity index (χ0n) is 11.6. The SMILES string of the molecule is C=Cc1csc2ccc(-c3cc(Cl)cc4nccnc34)cc12. The van der Waals surface area contributed by atoms with Crippen LogP contribution < -0.4 is 0 Å². The summed E-state index contributed by atoms with van der Waals surface area (Å²) in [6.07, 6.45) is 5.27. The maximum absolute atomic E-state index is 6.25. The molecule has 0 aliphatic rings. The number of aromatic nitrogens is 2. The Hall–Kier alpha value is -2.23. The van der Waals surface area contributed by atoms with Gasteiger partial charge in [-0.1, -0.05) is 30.3 Å². The van der Waals surface area contributed by atoms with E-state index < -0.39 is 0 Å². The first-order valence-electron chi connectivity index (χ1n) is 6.80. The van der Waals surface area contributed by atoms with Gasteiger partial charge in [-0.05, 0) is 40.8 Å². The second-order valence-electron chi connectivity index (χ2n) is 4.98. The average molecular weight is 323 g/mol. The topological polar surface area (TPSA) is 25.8 Å². The fourth-order valence-corrected chi connectivity index (χ4v) is 3.77. The lowest BCUT2D eigenvalue weighted by molar-refractivity contribution is 1.29. The minimum absolute atomic E-state index is 0.664. The van der Waals surface area contributed by atoms with E-state index in [0.29, 0.717) is 5.02 Å². The fraction of sp³-hybridized carbons (Fsp3) is 0. The van der Waals surface area contributed by atoms with Gasteiger partial charge < -0.3 is 0 Å². The van der Waals surface area contributed by atoms with Crippen molar-refractivity contribution >= 4 is 50.1 Å². The molecule has 0 aliphatic heterocycles. The summed E-state index contributed by atoms with van der Waals surface area (Å²) in [5.74, 6) is 0. The Kier molecular flexibility index (Phi) is 3.17. The molecule has 0 saturated heterocycles. The van der Waals surface area contributed by atoms with E-state index in [4.69, 9.17) is 11.6 Å². The molecule has 22 heavy (non-hydrogen) atoms. The summed E-state index contributed by atoms with van der Waals surface area (Å²) in [7, 11) is 0. The number of fused-ring (bicyclic) bond motifs is 2. The van der Waals surface area contributed by atoms with Crippen LogP contribution in [0, 0.1) is 0 Å². The zero-order valence-corrected chi connectivity index (χ0v) is 13.2. The largest absolute Gasteiger partial charge is 0.253 e. The van der Waals surface area contributed by atoms with E-state index in [2.05, 4.69) is 40.1 Å². The molecule has 0 amide bonds. The van der Waals surface area contributed by atoms with E-state index in [0.717, 1.165) is 27.7 Å². The van der Waals surface area contributed by atoms with Crippen LogP contribution in [0.25, 0.3) is 38.3 Å². The molecule has 2 heterocycles. The van der Waals surface area contributed by atoms with Crippen LogP contribution >= 0.6 is 22.9 Å². The Bertz CT molecular complexity index is 1020. The molecule has 0 saturated carbocycles. The molecule has 4 aromatic rings. The van der Waals surface area contributed by atoms with Crippen LogP contribution in [0.2, 0.25) is 5.02 Å². The van der Waals surface area contributed by atoms with Crippen LogP contribution in [0.4, 0.5) is 0 Å². The highest BCUT2D eigenvalue weighted by atomic mass is 35.5. The molecule has 2 nitrogen and oxygen atoms in total. The van der Waals surface area contributed by atoms with Crippen LogP contribution in [0.15, 0.2) is 54.7 Å². The van der Waals surface area contributed by atoms with Gasteiger partial charge in [-0.2, -0.15) is 0 Å². The van der Waals surface area contributed by atoms with E-state index >= 15 is 0 Å².